The minimum Gasteiger partial charge on any atom is -0.493 e. The summed E-state index contributed by atoms with van der Waals surface area (Å²) >= 11 is 0. The van der Waals surface area contributed by atoms with E-state index >= 15 is 0 Å². The second kappa shape index (κ2) is 6.80. The summed E-state index contributed by atoms with van der Waals surface area (Å²) < 4.78 is 11.5. The molecule has 0 aromatic heterocycles. The van der Waals surface area contributed by atoms with Gasteiger partial charge < -0.3 is 19.5 Å². The number of carboxylic acids is 1. The molecule has 0 saturated carbocycles. The van der Waals surface area contributed by atoms with Crippen LogP contribution in [0.3, 0.4) is 0 Å². The molecule has 21 heavy (non-hydrogen) atoms. The van der Waals surface area contributed by atoms with Gasteiger partial charge in [-0.15, -0.1) is 0 Å². The highest BCUT2D eigenvalue weighted by Crippen LogP contribution is 2.37. The molecule has 0 bridgehead atoms. The fourth-order valence-corrected chi connectivity index (χ4v) is 2.56. The van der Waals surface area contributed by atoms with Gasteiger partial charge in [0.1, 0.15) is 6.10 Å². The number of para-hydroxylation sites is 1. The molecule has 0 amide bonds. The van der Waals surface area contributed by atoms with E-state index in [2.05, 4.69) is 11.9 Å². The van der Waals surface area contributed by atoms with Gasteiger partial charge in [-0.2, -0.15) is 0 Å². The van der Waals surface area contributed by atoms with Gasteiger partial charge in [-0.25, -0.2) is 0 Å². The zero-order valence-corrected chi connectivity index (χ0v) is 12.8. The smallest absolute Gasteiger partial charge is 0.310 e. The van der Waals surface area contributed by atoms with Crippen LogP contribution in [0.2, 0.25) is 0 Å². The summed E-state index contributed by atoms with van der Waals surface area (Å²) in [7, 11) is 3.67. The highest BCUT2D eigenvalue weighted by atomic mass is 16.5. The van der Waals surface area contributed by atoms with Crippen LogP contribution in [0.4, 0.5) is 0 Å². The van der Waals surface area contributed by atoms with Crippen LogP contribution in [-0.2, 0) is 4.79 Å². The molecule has 0 spiro atoms. The van der Waals surface area contributed by atoms with E-state index in [9.17, 15) is 9.90 Å². The average Bonchev–Trinajstić information content (AvgIpc) is 2.49. The third-order valence-corrected chi connectivity index (χ3v) is 4.02. The van der Waals surface area contributed by atoms with E-state index in [0.29, 0.717) is 17.1 Å². The maximum Gasteiger partial charge on any atom is 0.310 e. The average molecular weight is 293 g/mol. The molecule has 2 rings (SSSR count). The number of piperidine rings is 1. The van der Waals surface area contributed by atoms with Crippen LogP contribution in [0.25, 0.3) is 0 Å². The number of rotatable bonds is 5. The maximum atomic E-state index is 11.3. The highest BCUT2D eigenvalue weighted by Gasteiger charge is 2.25. The van der Waals surface area contributed by atoms with Crippen LogP contribution < -0.4 is 9.47 Å². The molecule has 116 valence electrons. The highest BCUT2D eigenvalue weighted by molar-refractivity contribution is 5.77. The molecule has 1 saturated heterocycles. The maximum absolute atomic E-state index is 11.3. The van der Waals surface area contributed by atoms with Crippen molar-refractivity contribution in [2.75, 3.05) is 27.2 Å². The van der Waals surface area contributed by atoms with Crippen LogP contribution in [0.15, 0.2) is 18.2 Å². The molecule has 1 atom stereocenters. The van der Waals surface area contributed by atoms with Gasteiger partial charge in [-0.3, -0.25) is 4.79 Å². The van der Waals surface area contributed by atoms with Crippen LogP contribution in [0.1, 0.15) is 31.2 Å². The standard InChI is InChI=1S/C16H23NO4/c1-11(16(18)19)13-5-4-6-14(20-3)15(13)21-12-7-9-17(2)10-8-12/h4-6,11-12H,7-10H2,1-3H3,(H,18,19). The van der Waals surface area contributed by atoms with E-state index in [0.717, 1.165) is 25.9 Å². The molecule has 1 aliphatic rings. The van der Waals surface area contributed by atoms with Crippen LogP contribution in [-0.4, -0.2) is 49.3 Å². The molecule has 1 N–H and O–H groups in total. The number of carbonyl (C=O) groups is 1. The van der Waals surface area contributed by atoms with Gasteiger partial charge in [0.25, 0.3) is 0 Å². The zero-order chi connectivity index (χ0) is 15.4. The molecule has 5 nitrogen and oxygen atoms in total. The van der Waals surface area contributed by atoms with E-state index in [1.807, 2.05) is 6.07 Å². The Hall–Kier alpha value is -1.75. The SMILES string of the molecule is COc1cccc(C(C)C(=O)O)c1OC1CCN(C)CC1. The Morgan fingerprint density at radius 3 is 2.62 bits per heavy atom. The Balaban J connectivity index is 2.25. The second-order valence-corrected chi connectivity index (χ2v) is 5.56. The Kier molecular flexibility index (Phi) is 5.07. The summed E-state index contributed by atoms with van der Waals surface area (Å²) in [5.74, 6) is -0.318. The molecule has 5 heteroatoms. The van der Waals surface area contributed by atoms with Gasteiger partial charge in [0, 0.05) is 18.7 Å². The fraction of sp³-hybridized carbons (Fsp3) is 0.562. The van der Waals surface area contributed by atoms with Crippen LogP contribution in [0.5, 0.6) is 11.5 Å². The van der Waals surface area contributed by atoms with Crippen molar-refractivity contribution >= 4 is 5.97 Å². The summed E-state index contributed by atoms with van der Waals surface area (Å²) in [6, 6.07) is 5.41. The summed E-state index contributed by atoms with van der Waals surface area (Å²) in [5.41, 5.74) is 0.667. The third-order valence-electron chi connectivity index (χ3n) is 4.02. The first kappa shape index (κ1) is 15.6. The Morgan fingerprint density at radius 2 is 2.05 bits per heavy atom. The first-order chi connectivity index (χ1) is 10.0. The first-order valence-corrected chi connectivity index (χ1v) is 7.27. The lowest BCUT2D eigenvalue weighted by atomic mass is 9.99. The van der Waals surface area contributed by atoms with Crippen LogP contribution in [0, 0.1) is 0 Å². The molecular weight excluding hydrogens is 270 g/mol. The number of aliphatic carboxylic acids is 1. The van der Waals surface area contributed by atoms with Gasteiger partial charge in [-0.1, -0.05) is 12.1 Å². The minimum absolute atomic E-state index is 0.109. The van der Waals surface area contributed by atoms with E-state index in [-0.39, 0.29) is 6.10 Å². The monoisotopic (exact) mass is 293 g/mol. The number of benzene rings is 1. The predicted octanol–water partition coefficient (Wildman–Crippen LogP) is 2.36. The lowest BCUT2D eigenvalue weighted by Gasteiger charge is -2.30. The van der Waals surface area contributed by atoms with Crippen molar-refractivity contribution in [3.8, 4) is 11.5 Å². The van der Waals surface area contributed by atoms with Gasteiger partial charge in [0.2, 0.25) is 0 Å². The van der Waals surface area contributed by atoms with Gasteiger partial charge in [0.15, 0.2) is 11.5 Å². The number of hydrogen-bond donors (Lipinski definition) is 1. The Morgan fingerprint density at radius 1 is 1.38 bits per heavy atom. The molecule has 1 fully saturated rings. The molecule has 1 aliphatic heterocycles. The lowest BCUT2D eigenvalue weighted by molar-refractivity contribution is -0.138. The predicted molar refractivity (Wildman–Crippen MR) is 80.2 cm³/mol. The minimum atomic E-state index is -0.864. The number of carboxylic acid groups (broad SMARTS) is 1. The lowest BCUT2D eigenvalue weighted by Crippen LogP contribution is -2.36. The largest absolute Gasteiger partial charge is 0.493 e. The fourth-order valence-electron chi connectivity index (χ4n) is 2.56. The quantitative estimate of drug-likeness (QED) is 0.903. The van der Waals surface area contributed by atoms with Crippen molar-refractivity contribution in [3.63, 3.8) is 0 Å². The normalized spacial score (nSPS) is 18.2. The summed E-state index contributed by atoms with van der Waals surface area (Å²) in [5, 5.41) is 9.26. The number of likely N-dealkylation sites (tertiary alicyclic amines) is 1. The van der Waals surface area contributed by atoms with E-state index in [4.69, 9.17) is 9.47 Å². The summed E-state index contributed by atoms with van der Waals surface area (Å²) in [6.07, 6.45) is 1.99. The number of methoxy groups -OCH3 is 1. The zero-order valence-electron chi connectivity index (χ0n) is 12.8. The molecule has 1 unspecified atom stereocenters. The number of ether oxygens (including phenoxy) is 2. The molecule has 0 radical (unpaired) electrons. The van der Waals surface area contributed by atoms with Gasteiger partial charge in [0.05, 0.1) is 13.0 Å². The number of hydrogen-bond acceptors (Lipinski definition) is 4. The van der Waals surface area contributed by atoms with Crippen molar-refractivity contribution < 1.29 is 19.4 Å². The second-order valence-electron chi connectivity index (χ2n) is 5.56. The Labute approximate surface area is 125 Å². The third kappa shape index (κ3) is 3.67. The van der Waals surface area contributed by atoms with Crippen molar-refractivity contribution in [2.24, 2.45) is 0 Å². The van der Waals surface area contributed by atoms with E-state index < -0.39 is 11.9 Å². The first-order valence-electron chi connectivity index (χ1n) is 7.27. The topological polar surface area (TPSA) is 59.0 Å². The van der Waals surface area contributed by atoms with Crippen molar-refractivity contribution in [3.05, 3.63) is 23.8 Å². The number of nitrogens with zero attached hydrogens (tertiary/aromatic N) is 1. The van der Waals surface area contributed by atoms with Crippen molar-refractivity contribution in [1.29, 1.82) is 0 Å². The molecule has 1 aromatic rings. The summed E-state index contributed by atoms with van der Waals surface area (Å²) in [6.45, 7) is 3.64. The van der Waals surface area contributed by atoms with E-state index in [1.165, 1.54) is 0 Å². The van der Waals surface area contributed by atoms with Gasteiger partial charge >= 0.3 is 5.97 Å². The van der Waals surface area contributed by atoms with Crippen LogP contribution >= 0.6 is 0 Å². The van der Waals surface area contributed by atoms with E-state index in [1.54, 1.807) is 26.2 Å². The van der Waals surface area contributed by atoms with Crippen molar-refractivity contribution in [2.45, 2.75) is 31.8 Å². The van der Waals surface area contributed by atoms with Crippen molar-refractivity contribution in [1.82, 2.24) is 4.90 Å². The molecule has 1 aromatic carbocycles. The molecule has 0 aliphatic carbocycles. The van der Waals surface area contributed by atoms with Gasteiger partial charge in [-0.05, 0) is 32.9 Å². The Bertz CT molecular complexity index is 495. The molecular formula is C16H23NO4. The summed E-state index contributed by atoms with van der Waals surface area (Å²) in [4.78, 5) is 13.6. The molecule has 1 heterocycles.